The van der Waals surface area contributed by atoms with E-state index in [9.17, 15) is 4.79 Å². The minimum Gasteiger partial charge on any atom is -0.461 e. The molecule has 106 valence electrons. The summed E-state index contributed by atoms with van der Waals surface area (Å²) in [6.07, 6.45) is 4.57. The number of hydrogen-bond acceptors (Lipinski definition) is 4. The van der Waals surface area contributed by atoms with E-state index < -0.39 is 5.97 Å². The second kappa shape index (κ2) is 6.37. The highest BCUT2D eigenvalue weighted by atomic mass is 35.5. The third-order valence-electron chi connectivity index (χ3n) is 3.64. The van der Waals surface area contributed by atoms with Gasteiger partial charge in [0.1, 0.15) is 0 Å². The fourth-order valence-electron chi connectivity index (χ4n) is 2.71. The summed E-state index contributed by atoms with van der Waals surface area (Å²) in [5, 5.41) is 8.09. The number of rotatable bonds is 4. The molecule has 5 nitrogen and oxygen atoms in total. The molecular weight excluding hydrogens is 266 g/mol. The number of carbonyl (C=O) groups is 1. The van der Waals surface area contributed by atoms with Crippen molar-refractivity contribution in [3.63, 3.8) is 0 Å². The molecule has 1 saturated carbocycles. The van der Waals surface area contributed by atoms with Crippen LogP contribution in [-0.4, -0.2) is 27.6 Å². The minimum atomic E-state index is -0.437. The van der Waals surface area contributed by atoms with Gasteiger partial charge in [0.2, 0.25) is 0 Å². The van der Waals surface area contributed by atoms with Crippen molar-refractivity contribution >= 4 is 17.6 Å². The van der Waals surface area contributed by atoms with Crippen LogP contribution in [-0.2, 0) is 10.6 Å². The fourth-order valence-corrected chi connectivity index (χ4v) is 2.96. The van der Waals surface area contributed by atoms with Crippen LogP contribution in [0.4, 0.5) is 0 Å². The maximum absolute atomic E-state index is 11.8. The first-order valence-corrected chi connectivity index (χ1v) is 7.38. The van der Waals surface area contributed by atoms with Crippen LogP contribution in [0.3, 0.4) is 0 Å². The van der Waals surface area contributed by atoms with E-state index >= 15 is 0 Å². The van der Waals surface area contributed by atoms with Crippen molar-refractivity contribution in [1.29, 1.82) is 0 Å². The maximum atomic E-state index is 11.8. The maximum Gasteiger partial charge on any atom is 0.360 e. The summed E-state index contributed by atoms with van der Waals surface area (Å²) in [4.78, 5) is 11.8. The second-order valence-corrected chi connectivity index (χ2v) is 5.38. The normalized spacial score (nSPS) is 23.3. The van der Waals surface area contributed by atoms with Gasteiger partial charge in [0.15, 0.2) is 5.69 Å². The Morgan fingerprint density at radius 1 is 1.53 bits per heavy atom. The summed E-state index contributed by atoms with van der Waals surface area (Å²) < 4.78 is 6.81. The number of nitrogens with zero attached hydrogens (tertiary/aromatic N) is 3. The lowest BCUT2D eigenvalue weighted by Crippen LogP contribution is -2.20. The van der Waals surface area contributed by atoms with E-state index in [2.05, 4.69) is 17.2 Å². The van der Waals surface area contributed by atoms with Crippen molar-refractivity contribution in [3.05, 3.63) is 11.4 Å². The van der Waals surface area contributed by atoms with E-state index in [-0.39, 0.29) is 11.6 Å². The SMILES string of the molecule is CCOC(=O)c1nnn(C2CCCC(C)C2)c1CCl. The molecule has 0 saturated heterocycles. The van der Waals surface area contributed by atoms with Gasteiger partial charge in [-0.25, -0.2) is 9.48 Å². The molecule has 2 rings (SSSR count). The third-order valence-corrected chi connectivity index (χ3v) is 3.89. The summed E-state index contributed by atoms with van der Waals surface area (Å²) in [5.74, 6) is 0.469. The third kappa shape index (κ3) is 3.08. The van der Waals surface area contributed by atoms with Crippen LogP contribution in [0.5, 0.6) is 0 Å². The average molecular weight is 286 g/mol. The molecule has 1 fully saturated rings. The van der Waals surface area contributed by atoms with Crippen LogP contribution in [0.15, 0.2) is 0 Å². The number of aromatic nitrogens is 3. The summed E-state index contributed by atoms with van der Waals surface area (Å²) in [7, 11) is 0. The van der Waals surface area contributed by atoms with Crippen LogP contribution in [0.25, 0.3) is 0 Å². The number of esters is 1. The predicted molar refractivity (Wildman–Crippen MR) is 72.2 cm³/mol. The molecule has 0 aliphatic heterocycles. The van der Waals surface area contributed by atoms with Crippen molar-refractivity contribution < 1.29 is 9.53 Å². The van der Waals surface area contributed by atoms with Gasteiger partial charge in [-0.3, -0.25) is 0 Å². The zero-order valence-electron chi connectivity index (χ0n) is 11.4. The molecule has 0 radical (unpaired) electrons. The highest BCUT2D eigenvalue weighted by molar-refractivity contribution is 6.17. The van der Waals surface area contributed by atoms with Crippen molar-refractivity contribution in [3.8, 4) is 0 Å². The molecule has 1 aromatic heterocycles. The number of carbonyl (C=O) groups excluding carboxylic acids is 1. The molecule has 1 aliphatic carbocycles. The molecule has 0 amide bonds. The van der Waals surface area contributed by atoms with Crippen LogP contribution in [0.1, 0.15) is 61.8 Å². The van der Waals surface area contributed by atoms with Gasteiger partial charge >= 0.3 is 5.97 Å². The first-order chi connectivity index (χ1) is 9.17. The number of halogens is 1. The molecule has 19 heavy (non-hydrogen) atoms. The highest BCUT2D eigenvalue weighted by Gasteiger charge is 2.27. The molecule has 0 N–H and O–H groups in total. The summed E-state index contributed by atoms with van der Waals surface area (Å²) in [6, 6.07) is 0.299. The van der Waals surface area contributed by atoms with Gasteiger partial charge in [0.05, 0.1) is 24.2 Å². The first kappa shape index (κ1) is 14.3. The Bertz CT molecular complexity index is 447. The van der Waals surface area contributed by atoms with Crippen molar-refractivity contribution in [1.82, 2.24) is 15.0 Å². The van der Waals surface area contributed by atoms with E-state index in [1.807, 2.05) is 4.68 Å². The molecule has 2 atom stereocenters. The molecule has 6 heteroatoms. The standard InChI is InChI=1S/C13H20ClN3O2/c1-3-19-13(18)12-11(8-14)17(16-15-12)10-6-4-5-9(2)7-10/h9-10H,3-8H2,1-2H3. The monoisotopic (exact) mass is 285 g/mol. The number of hydrogen-bond donors (Lipinski definition) is 0. The number of ether oxygens (including phenoxy) is 1. The topological polar surface area (TPSA) is 57.0 Å². The van der Waals surface area contributed by atoms with Crippen molar-refractivity contribution in [2.75, 3.05) is 6.61 Å². The van der Waals surface area contributed by atoms with E-state index in [0.29, 0.717) is 24.3 Å². The predicted octanol–water partition coefficient (Wildman–Crippen LogP) is 2.94. The first-order valence-electron chi connectivity index (χ1n) is 6.84. The molecule has 0 spiro atoms. The summed E-state index contributed by atoms with van der Waals surface area (Å²) in [6.45, 7) is 4.34. The molecular formula is C13H20ClN3O2. The van der Waals surface area contributed by atoms with Crippen LogP contribution < -0.4 is 0 Å². The minimum absolute atomic E-state index is 0.228. The van der Waals surface area contributed by atoms with E-state index in [0.717, 1.165) is 12.8 Å². The quantitative estimate of drug-likeness (QED) is 0.630. The number of alkyl halides is 1. The van der Waals surface area contributed by atoms with Gasteiger partial charge in [0, 0.05) is 0 Å². The van der Waals surface area contributed by atoms with Gasteiger partial charge < -0.3 is 4.74 Å². The summed E-state index contributed by atoms with van der Waals surface area (Å²) >= 11 is 5.97. The molecule has 1 heterocycles. The molecule has 2 unspecified atom stereocenters. The Hall–Kier alpha value is -1.10. The van der Waals surface area contributed by atoms with Gasteiger partial charge in [-0.1, -0.05) is 25.0 Å². The Kier molecular flexibility index (Phi) is 4.80. The van der Waals surface area contributed by atoms with E-state index in [4.69, 9.17) is 16.3 Å². The van der Waals surface area contributed by atoms with E-state index in [1.165, 1.54) is 12.8 Å². The Labute approximate surface area is 118 Å². The van der Waals surface area contributed by atoms with Crippen LogP contribution >= 0.6 is 11.6 Å². The zero-order chi connectivity index (χ0) is 13.8. The Morgan fingerprint density at radius 2 is 2.32 bits per heavy atom. The largest absolute Gasteiger partial charge is 0.461 e. The zero-order valence-corrected chi connectivity index (χ0v) is 12.2. The molecule has 1 aromatic rings. The van der Waals surface area contributed by atoms with Crippen LogP contribution in [0.2, 0.25) is 0 Å². The van der Waals surface area contributed by atoms with Gasteiger partial charge in [-0.2, -0.15) is 0 Å². The lowest BCUT2D eigenvalue weighted by Gasteiger charge is -2.27. The lowest BCUT2D eigenvalue weighted by molar-refractivity contribution is 0.0518. The van der Waals surface area contributed by atoms with Gasteiger partial charge in [-0.15, -0.1) is 16.7 Å². The Balaban J connectivity index is 2.23. The fraction of sp³-hybridized carbons (Fsp3) is 0.769. The molecule has 0 bridgehead atoms. The van der Waals surface area contributed by atoms with Crippen molar-refractivity contribution in [2.45, 2.75) is 51.5 Å². The second-order valence-electron chi connectivity index (χ2n) is 5.11. The molecule has 0 aromatic carbocycles. The van der Waals surface area contributed by atoms with Gasteiger partial charge in [0.25, 0.3) is 0 Å². The van der Waals surface area contributed by atoms with Crippen molar-refractivity contribution in [2.24, 2.45) is 5.92 Å². The summed E-state index contributed by atoms with van der Waals surface area (Å²) in [5.41, 5.74) is 0.939. The smallest absolute Gasteiger partial charge is 0.360 e. The Morgan fingerprint density at radius 3 is 2.95 bits per heavy atom. The molecule has 1 aliphatic rings. The highest BCUT2D eigenvalue weighted by Crippen LogP contribution is 2.33. The van der Waals surface area contributed by atoms with E-state index in [1.54, 1.807) is 6.92 Å². The van der Waals surface area contributed by atoms with Crippen LogP contribution in [0, 0.1) is 5.92 Å². The lowest BCUT2D eigenvalue weighted by atomic mass is 9.87. The van der Waals surface area contributed by atoms with Gasteiger partial charge in [-0.05, 0) is 25.7 Å². The average Bonchev–Trinajstić information content (AvgIpc) is 2.82.